The molecule has 1 aromatic rings. The number of hydrogen-bond donors (Lipinski definition) is 1. The van der Waals surface area contributed by atoms with Gasteiger partial charge in [0.05, 0.1) is 12.7 Å². The van der Waals surface area contributed by atoms with E-state index in [1.54, 1.807) is 6.92 Å². The Kier molecular flexibility index (Phi) is 6.06. The monoisotopic (exact) mass is 236 g/mol. The van der Waals surface area contributed by atoms with Crippen LogP contribution in [0.1, 0.15) is 56.8 Å². The maximum absolute atomic E-state index is 9.47. The first-order valence-corrected chi connectivity index (χ1v) is 6.56. The van der Waals surface area contributed by atoms with Crippen LogP contribution in [-0.4, -0.2) is 11.7 Å². The van der Waals surface area contributed by atoms with Gasteiger partial charge in [-0.25, -0.2) is 0 Å². The van der Waals surface area contributed by atoms with E-state index < -0.39 is 6.10 Å². The first-order valence-electron chi connectivity index (χ1n) is 6.56. The standard InChI is InChI=1S/C15H24O2/c1-4-5-6-7-10-17-15-9-8-14(13(3)16)11-12(15)2/h8-9,11,13,16H,4-7,10H2,1-3H3/t13-/m1/s1. The first kappa shape index (κ1) is 14.0. The Morgan fingerprint density at radius 2 is 2.00 bits per heavy atom. The van der Waals surface area contributed by atoms with Gasteiger partial charge in [0.1, 0.15) is 5.75 Å². The number of benzene rings is 1. The van der Waals surface area contributed by atoms with Crippen molar-refractivity contribution in [2.75, 3.05) is 6.61 Å². The zero-order valence-electron chi connectivity index (χ0n) is 11.2. The van der Waals surface area contributed by atoms with Gasteiger partial charge >= 0.3 is 0 Å². The van der Waals surface area contributed by atoms with E-state index in [9.17, 15) is 5.11 Å². The Labute approximate surface area is 105 Å². The summed E-state index contributed by atoms with van der Waals surface area (Å²) < 4.78 is 5.74. The van der Waals surface area contributed by atoms with Gasteiger partial charge in [-0.05, 0) is 43.5 Å². The maximum atomic E-state index is 9.47. The summed E-state index contributed by atoms with van der Waals surface area (Å²) >= 11 is 0. The molecule has 0 fully saturated rings. The van der Waals surface area contributed by atoms with Gasteiger partial charge in [0.2, 0.25) is 0 Å². The summed E-state index contributed by atoms with van der Waals surface area (Å²) in [6, 6.07) is 5.88. The van der Waals surface area contributed by atoms with Crippen molar-refractivity contribution in [2.45, 2.75) is 52.6 Å². The molecule has 0 heterocycles. The van der Waals surface area contributed by atoms with Crippen LogP contribution in [0.3, 0.4) is 0 Å². The Hall–Kier alpha value is -1.02. The molecule has 0 unspecified atom stereocenters. The molecule has 0 aliphatic heterocycles. The predicted molar refractivity (Wildman–Crippen MR) is 71.4 cm³/mol. The molecule has 0 saturated heterocycles. The molecule has 96 valence electrons. The largest absolute Gasteiger partial charge is 0.493 e. The summed E-state index contributed by atoms with van der Waals surface area (Å²) in [4.78, 5) is 0. The highest BCUT2D eigenvalue weighted by Gasteiger charge is 2.04. The average Bonchev–Trinajstić information content (AvgIpc) is 2.30. The summed E-state index contributed by atoms with van der Waals surface area (Å²) in [6.45, 7) is 6.79. The molecule has 0 saturated carbocycles. The number of aliphatic hydroxyl groups is 1. The number of ether oxygens (including phenoxy) is 1. The summed E-state index contributed by atoms with van der Waals surface area (Å²) in [7, 11) is 0. The fourth-order valence-electron chi connectivity index (χ4n) is 1.81. The zero-order chi connectivity index (χ0) is 12.7. The molecule has 0 aromatic heterocycles. The van der Waals surface area contributed by atoms with Crippen molar-refractivity contribution in [1.29, 1.82) is 0 Å². The number of hydrogen-bond acceptors (Lipinski definition) is 2. The minimum atomic E-state index is -0.410. The van der Waals surface area contributed by atoms with Crippen molar-refractivity contribution in [2.24, 2.45) is 0 Å². The third-order valence-electron chi connectivity index (χ3n) is 2.94. The van der Waals surface area contributed by atoms with Gasteiger partial charge < -0.3 is 9.84 Å². The van der Waals surface area contributed by atoms with E-state index in [1.807, 2.05) is 25.1 Å². The molecule has 0 spiro atoms. The lowest BCUT2D eigenvalue weighted by molar-refractivity contribution is 0.199. The Bertz CT molecular complexity index is 332. The molecule has 1 atom stereocenters. The zero-order valence-corrected chi connectivity index (χ0v) is 11.2. The fraction of sp³-hybridized carbons (Fsp3) is 0.600. The van der Waals surface area contributed by atoms with E-state index in [-0.39, 0.29) is 0 Å². The van der Waals surface area contributed by atoms with Gasteiger partial charge in [0, 0.05) is 0 Å². The molecule has 0 aliphatic carbocycles. The lowest BCUT2D eigenvalue weighted by Gasteiger charge is -2.11. The van der Waals surface area contributed by atoms with Crippen LogP contribution in [0.4, 0.5) is 0 Å². The molecule has 1 rings (SSSR count). The van der Waals surface area contributed by atoms with Crippen LogP contribution in [0.15, 0.2) is 18.2 Å². The normalized spacial score (nSPS) is 12.5. The lowest BCUT2D eigenvalue weighted by atomic mass is 10.1. The van der Waals surface area contributed by atoms with Crippen LogP contribution in [0.25, 0.3) is 0 Å². The Morgan fingerprint density at radius 3 is 2.59 bits per heavy atom. The minimum Gasteiger partial charge on any atom is -0.493 e. The highest BCUT2D eigenvalue weighted by atomic mass is 16.5. The molecular formula is C15H24O2. The number of aryl methyl sites for hydroxylation is 1. The highest BCUT2D eigenvalue weighted by molar-refractivity contribution is 5.36. The first-order chi connectivity index (χ1) is 8.15. The van der Waals surface area contributed by atoms with Crippen molar-refractivity contribution < 1.29 is 9.84 Å². The second kappa shape index (κ2) is 7.33. The minimum absolute atomic E-state index is 0.410. The molecule has 17 heavy (non-hydrogen) atoms. The van der Waals surface area contributed by atoms with E-state index >= 15 is 0 Å². The van der Waals surface area contributed by atoms with Crippen LogP contribution >= 0.6 is 0 Å². The van der Waals surface area contributed by atoms with Gasteiger partial charge in [-0.3, -0.25) is 0 Å². The highest BCUT2D eigenvalue weighted by Crippen LogP contribution is 2.22. The maximum Gasteiger partial charge on any atom is 0.122 e. The lowest BCUT2D eigenvalue weighted by Crippen LogP contribution is -2.00. The van der Waals surface area contributed by atoms with Crippen LogP contribution in [0, 0.1) is 6.92 Å². The number of unbranched alkanes of at least 4 members (excludes halogenated alkanes) is 3. The van der Waals surface area contributed by atoms with Crippen LogP contribution in [-0.2, 0) is 0 Å². The third kappa shape index (κ3) is 4.78. The summed E-state index contributed by atoms with van der Waals surface area (Å²) in [5.74, 6) is 0.936. The van der Waals surface area contributed by atoms with E-state index in [1.165, 1.54) is 19.3 Å². The topological polar surface area (TPSA) is 29.5 Å². The van der Waals surface area contributed by atoms with Gasteiger partial charge in [0.15, 0.2) is 0 Å². The van der Waals surface area contributed by atoms with Crippen molar-refractivity contribution in [3.63, 3.8) is 0 Å². The van der Waals surface area contributed by atoms with E-state index in [0.29, 0.717) is 0 Å². The van der Waals surface area contributed by atoms with E-state index in [4.69, 9.17) is 4.74 Å². The summed E-state index contributed by atoms with van der Waals surface area (Å²) in [5, 5.41) is 9.47. The molecule has 2 heteroatoms. The van der Waals surface area contributed by atoms with Gasteiger partial charge in [-0.1, -0.05) is 32.3 Å². The van der Waals surface area contributed by atoms with Crippen LogP contribution in [0.5, 0.6) is 5.75 Å². The fourth-order valence-corrected chi connectivity index (χ4v) is 1.81. The second-order valence-electron chi connectivity index (χ2n) is 4.61. The van der Waals surface area contributed by atoms with Crippen molar-refractivity contribution in [3.05, 3.63) is 29.3 Å². The molecule has 1 aromatic carbocycles. The number of rotatable bonds is 7. The molecule has 0 radical (unpaired) electrons. The van der Waals surface area contributed by atoms with Crippen LogP contribution < -0.4 is 4.74 Å². The third-order valence-corrected chi connectivity index (χ3v) is 2.94. The smallest absolute Gasteiger partial charge is 0.122 e. The summed E-state index contributed by atoms with van der Waals surface area (Å²) in [5.41, 5.74) is 2.04. The molecule has 0 amide bonds. The quantitative estimate of drug-likeness (QED) is 0.725. The predicted octanol–water partition coefficient (Wildman–Crippen LogP) is 4.01. The van der Waals surface area contributed by atoms with E-state index in [2.05, 4.69) is 6.92 Å². The molecule has 0 aliphatic rings. The van der Waals surface area contributed by atoms with E-state index in [0.717, 1.165) is 29.9 Å². The van der Waals surface area contributed by atoms with Gasteiger partial charge in [0.25, 0.3) is 0 Å². The Balaban J connectivity index is 2.43. The Morgan fingerprint density at radius 1 is 1.24 bits per heavy atom. The second-order valence-corrected chi connectivity index (χ2v) is 4.61. The van der Waals surface area contributed by atoms with Crippen molar-refractivity contribution in [1.82, 2.24) is 0 Å². The van der Waals surface area contributed by atoms with Crippen molar-refractivity contribution >= 4 is 0 Å². The average molecular weight is 236 g/mol. The van der Waals surface area contributed by atoms with Gasteiger partial charge in [-0.2, -0.15) is 0 Å². The molecule has 2 nitrogen and oxygen atoms in total. The van der Waals surface area contributed by atoms with Crippen molar-refractivity contribution in [3.8, 4) is 5.75 Å². The summed E-state index contributed by atoms with van der Waals surface area (Å²) in [6.07, 6.45) is 4.48. The van der Waals surface area contributed by atoms with Gasteiger partial charge in [-0.15, -0.1) is 0 Å². The SMILES string of the molecule is CCCCCCOc1ccc([C@@H](C)O)cc1C. The molecule has 0 bridgehead atoms. The number of aliphatic hydroxyl groups excluding tert-OH is 1. The van der Waals surface area contributed by atoms with Crippen LogP contribution in [0.2, 0.25) is 0 Å². The molecule has 1 N–H and O–H groups in total. The molecular weight excluding hydrogens is 212 g/mol.